The molecular weight excluding hydrogens is 114 g/mol. The molecule has 0 fully saturated rings. The van der Waals surface area contributed by atoms with Crippen LogP contribution in [0.1, 0.15) is 11.3 Å². The van der Waals surface area contributed by atoms with Crippen LogP contribution >= 0.6 is 0 Å². The van der Waals surface area contributed by atoms with Gasteiger partial charge in [-0.3, -0.25) is 4.68 Å². The Morgan fingerprint density at radius 3 is 3.33 bits per heavy atom. The number of nitrogens with zero attached hydrogens (tertiary/aromatic N) is 2. The fraction of sp³-hybridized carbons (Fsp3) is 0.500. The van der Waals surface area contributed by atoms with Crippen LogP contribution in [0.2, 0.25) is 0 Å². The molecule has 48 valence electrons. The Bertz CT molecular complexity index is 226. The molecule has 9 heavy (non-hydrogen) atoms. The lowest BCUT2D eigenvalue weighted by molar-refractivity contribution is -0.677. The lowest BCUT2D eigenvalue weighted by Crippen LogP contribution is -2.77. The normalized spacial score (nSPS) is 16.1. The van der Waals surface area contributed by atoms with E-state index in [1.807, 2.05) is 17.9 Å². The summed E-state index contributed by atoms with van der Waals surface area (Å²) in [5.41, 5.74) is 2.78. The van der Waals surface area contributed by atoms with E-state index in [1.165, 1.54) is 11.3 Å². The molecule has 0 radical (unpaired) electrons. The molecule has 1 aromatic heterocycles. The van der Waals surface area contributed by atoms with Crippen molar-refractivity contribution < 1.29 is 5.32 Å². The zero-order chi connectivity index (χ0) is 6.27. The molecule has 1 aliphatic heterocycles. The average Bonchev–Trinajstić information content (AvgIpc) is 2.35. The van der Waals surface area contributed by atoms with Gasteiger partial charge >= 0.3 is 0 Å². The van der Waals surface area contributed by atoms with Crippen LogP contribution in [0, 0.1) is 0 Å². The molecule has 0 saturated heterocycles. The Morgan fingerprint density at radius 2 is 2.56 bits per heavy atom. The van der Waals surface area contributed by atoms with Gasteiger partial charge in [-0.1, -0.05) is 0 Å². The van der Waals surface area contributed by atoms with Gasteiger partial charge in [0, 0.05) is 7.05 Å². The second-order valence-electron chi connectivity index (χ2n) is 2.44. The van der Waals surface area contributed by atoms with Crippen molar-refractivity contribution in [3.05, 3.63) is 17.5 Å². The number of hydrogen-bond acceptors (Lipinski definition) is 1. The number of hydrogen-bond donors (Lipinski definition) is 1. The lowest BCUT2D eigenvalue weighted by atomic mass is 10.3. The summed E-state index contributed by atoms with van der Waals surface area (Å²) in [5.74, 6) is 0. The van der Waals surface area contributed by atoms with Gasteiger partial charge in [0.05, 0.1) is 11.8 Å². The summed E-state index contributed by atoms with van der Waals surface area (Å²) >= 11 is 0. The van der Waals surface area contributed by atoms with Gasteiger partial charge in [0.25, 0.3) is 0 Å². The molecule has 0 aliphatic carbocycles. The third kappa shape index (κ3) is 0.580. The van der Waals surface area contributed by atoms with Gasteiger partial charge in [0.15, 0.2) is 0 Å². The van der Waals surface area contributed by atoms with Crippen molar-refractivity contribution in [2.75, 3.05) is 0 Å². The Balaban J connectivity index is 2.56. The molecule has 0 atom stereocenters. The van der Waals surface area contributed by atoms with Crippen LogP contribution in [-0.4, -0.2) is 9.78 Å². The molecule has 0 bridgehead atoms. The first kappa shape index (κ1) is 4.99. The highest BCUT2D eigenvalue weighted by Crippen LogP contribution is 2.07. The van der Waals surface area contributed by atoms with Crippen LogP contribution in [0.5, 0.6) is 0 Å². The van der Waals surface area contributed by atoms with Gasteiger partial charge < -0.3 is 5.32 Å². The summed E-state index contributed by atoms with van der Waals surface area (Å²) in [6.45, 7) is 2.22. The first-order chi connectivity index (χ1) is 4.38. The van der Waals surface area contributed by atoms with E-state index < -0.39 is 0 Å². The Hall–Kier alpha value is -0.830. The van der Waals surface area contributed by atoms with Crippen molar-refractivity contribution in [2.24, 2.45) is 7.05 Å². The zero-order valence-corrected chi connectivity index (χ0v) is 5.46. The van der Waals surface area contributed by atoms with E-state index in [2.05, 4.69) is 10.4 Å². The highest BCUT2D eigenvalue weighted by Gasteiger charge is 2.16. The summed E-state index contributed by atoms with van der Waals surface area (Å²) in [5, 5.41) is 6.42. The third-order valence-electron chi connectivity index (χ3n) is 1.85. The van der Waals surface area contributed by atoms with Crippen LogP contribution in [0.15, 0.2) is 6.20 Å². The van der Waals surface area contributed by atoms with E-state index in [4.69, 9.17) is 0 Å². The van der Waals surface area contributed by atoms with Crippen molar-refractivity contribution in [1.82, 2.24) is 9.78 Å². The second-order valence-corrected chi connectivity index (χ2v) is 2.44. The molecule has 2 heterocycles. The molecule has 1 aromatic rings. The summed E-state index contributed by atoms with van der Waals surface area (Å²) in [7, 11) is 2.00. The molecule has 2 rings (SSSR count). The molecule has 2 N–H and O–H groups in total. The van der Waals surface area contributed by atoms with Crippen molar-refractivity contribution in [2.45, 2.75) is 13.1 Å². The molecule has 0 amide bonds. The quantitative estimate of drug-likeness (QED) is 0.473. The standard InChI is InChI=1S/C6H9N3/c1-9-6-4-7-2-5(6)3-8-9/h3,7H,2,4H2,1H3/p+1. The largest absolute Gasteiger partial charge is 0.337 e. The summed E-state index contributed by atoms with van der Waals surface area (Å²) < 4.78 is 1.96. The number of fused-ring (bicyclic) bond motifs is 1. The van der Waals surface area contributed by atoms with Gasteiger partial charge in [0.1, 0.15) is 18.8 Å². The van der Waals surface area contributed by atoms with Gasteiger partial charge in [-0.2, -0.15) is 5.10 Å². The number of nitrogens with two attached hydrogens (primary N) is 1. The Morgan fingerprint density at radius 1 is 1.67 bits per heavy atom. The average molecular weight is 124 g/mol. The van der Waals surface area contributed by atoms with Gasteiger partial charge in [0.2, 0.25) is 0 Å². The van der Waals surface area contributed by atoms with E-state index in [1.54, 1.807) is 0 Å². The first-order valence-corrected chi connectivity index (χ1v) is 3.19. The minimum atomic E-state index is 1.10. The lowest BCUT2D eigenvalue weighted by Gasteiger charge is -1.90. The van der Waals surface area contributed by atoms with E-state index in [0.717, 1.165) is 13.1 Å². The third-order valence-corrected chi connectivity index (χ3v) is 1.85. The number of aryl methyl sites for hydroxylation is 1. The molecular formula is C6H10N3+. The Kier molecular flexibility index (Phi) is 0.873. The van der Waals surface area contributed by atoms with Crippen LogP contribution < -0.4 is 5.32 Å². The zero-order valence-electron chi connectivity index (χ0n) is 5.46. The fourth-order valence-electron chi connectivity index (χ4n) is 1.31. The fourth-order valence-corrected chi connectivity index (χ4v) is 1.31. The van der Waals surface area contributed by atoms with E-state index >= 15 is 0 Å². The number of aromatic nitrogens is 2. The van der Waals surface area contributed by atoms with E-state index in [0.29, 0.717) is 0 Å². The molecule has 0 saturated carbocycles. The molecule has 0 unspecified atom stereocenters. The van der Waals surface area contributed by atoms with Crippen LogP contribution in [0.3, 0.4) is 0 Å². The SMILES string of the molecule is Cn1ncc2c1C[NH2+]C2. The van der Waals surface area contributed by atoms with Crippen molar-refractivity contribution in [3.63, 3.8) is 0 Å². The minimum Gasteiger partial charge on any atom is -0.337 e. The van der Waals surface area contributed by atoms with Crippen LogP contribution in [0.25, 0.3) is 0 Å². The molecule has 0 aromatic carbocycles. The summed E-state index contributed by atoms with van der Waals surface area (Å²) in [4.78, 5) is 0. The topological polar surface area (TPSA) is 34.4 Å². The van der Waals surface area contributed by atoms with Crippen molar-refractivity contribution in [1.29, 1.82) is 0 Å². The highest BCUT2D eigenvalue weighted by atomic mass is 15.3. The Labute approximate surface area is 53.7 Å². The van der Waals surface area contributed by atoms with Gasteiger partial charge in [-0.25, -0.2) is 0 Å². The van der Waals surface area contributed by atoms with Crippen LogP contribution in [0.4, 0.5) is 0 Å². The van der Waals surface area contributed by atoms with Crippen molar-refractivity contribution >= 4 is 0 Å². The maximum Gasteiger partial charge on any atom is 0.119 e. The van der Waals surface area contributed by atoms with E-state index in [-0.39, 0.29) is 0 Å². The minimum absolute atomic E-state index is 1.10. The van der Waals surface area contributed by atoms with Crippen molar-refractivity contribution in [3.8, 4) is 0 Å². The molecule has 3 heteroatoms. The predicted octanol–water partition coefficient (Wildman–Crippen LogP) is -1.00. The maximum atomic E-state index is 4.13. The highest BCUT2D eigenvalue weighted by molar-refractivity contribution is 5.17. The molecule has 0 spiro atoms. The van der Waals surface area contributed by atoms with Gasteiger partial charge in [-0.05, 0) is 0 Å². The predicted molar refractivity (Wildman–Crippen MR) is 32.5 cm³/mol. The number of quaternary nitrogens is 1. The van der Waals surface area contributed by atoms with E-state index in [9.17, 15) is 0 Å². The molecule has 3 nitrogen and oxygen atoms in total. The van der Waals surface area contributed by atoms with Crippen LogP contribution in [-0.2, 0) is 20.1 Å². The van der Waals surface area contributed by atoms with Gasteiger partial charge in [-0.15, -0.1) is 0 Å². The molecule has 1 aliphatic rings. The first-order valence-electron chi connectivity index (χ1n) is 3.19. The maximum absolute atomic E-state index is 4.13. The summed E-state index contributed by atoms with van der Waals surface area (Å²) in [6, 6.07) is 0. The smallest absolute Gasteiger partial charge is 0.119 e. The summed E-state index contributed by atoms with van der Waals surface area (Å²) in [6.07, 6.45) is 1.96. The number of rotatable bonds is 0. The second kappa shape index (κ2) is 1.57. The monoisotopic (exact) mass is 124 g/mol.